The Morgan fingerprint density at radius 3 is 3.08 bits per heavy atom. The van der Waals surface area contributed by atoms with Crippen LogP contribution in [0.2, 0.25) is 0 Å². The van der Waals surface area contributed by atoms with Crippen molar-refractivity contribution in [2.45, 2.75) is 19.8 Å². The third-order valence-corrected chi connectivity index (χ3v) is 2.07. The highest BCUT2D eigenvalue weighted by Gasteiger charge is 2.02. The van der Waals surface area contributed by atoms with Gasteiger partial charge in [0.1, 0.15) is 5.82 Å². The van der Waals surface area contributed by atoms with Gasteiger partial charge in [-0.25, -0.2) is 4.98 Å². The summed E-state index contributed by atoms with van der Waals surface area (Å²) in [5, 5.41) is 3.45. The summed E-state index contributed by atoms with van der Waals surface area (Å²) in [6.45, 7) is 2.18. The summed E-state index contributed by atoms with van der Waals surface area (Å²) in [4.78, 5) is 14.6. The number of aryl methyl sites for hydroxylation is 1. The minimum Gasteiger partial charge on any atom is -0.368 e. The van der Waals surface area contributed by atoms with Gasteiger partial charge in [0.05, 0.1) is 6.54 Å². The molecule has 1 aromatic heterocycles. The van der Waals surface area contributed by atoms with Crippen molar-refractivity contribution in [2.24, 2.45) is 5.73 Å². The second-order valence-electron chi connectivity index (χ2n) is 2.59. The van der Waals surface area contributed by atoms with E-state index < -0.39 is 5.91 Å². The lowest BCUT2D eigenvalue weighted by atomic mass is 10.3. The normalized spacial score (nSPS) is 9.92. The van der Waals surface area contributed by atoms with Gasteiger partial charge in [0.25, 0.3) is 0 Å². The maximum Gasteiger partial charge on any atom is 0.236 e. The standard InChI is InChI=1S/C7H12N4OS/c1-2-3-6-10-7(13-11-6)9-4-5(8)12/h2-4H2,1H3,(H2,8,12)(H,9,10,11). The van der Waals surface area contributed by atoms with Crippen molar-refractivity contribution in [3.05, 3.63) is 5.82 Å². The van der Waals surface area contributed by atoms with Crippen LogP contribution in [0.15, 0.2) is 0 Å². The molecule has 0 atom stereocenters. The number of anilines is 1. The van der Waals surface area contributed by atoms with E-state index in [1.807, 2.05) is 0 Å². The van der Waals surface area contributed by atoms with Crippen LogP contribution in [0.5, 0.6) is 0 Å². The molecule has 0 unspecified atom stereocenters. The Bertz CT molecular complexity index is 286. The molecule has 0 aliphatic carbocycles. The molecule has 0 spiro atoms. The predicted octanol–water partition coefficient (Wildman–Crippen LogP) is 0.388. The van der Waals surface area contributed by atoms with Gasteiger partial charge in [0.2, 0.25) is 11.0 Å². The van der Waals surface area contributed by atoms with Crippen LogP contribution in [0.1, 0.15) is 19.2 Å². The number of amides is 1. The molecule has 0 aliphatic rings. The van der Waals surface area contributed by atoms with Gasteiger partial charge in [-0.05, 0) is 6.42 Å². The number of nitrogens with one attached hydrogen (secondary N) is 1. The van der Waals surface area contributed by atoms with E-state index in [9.17, 15) is 4.79 Å². The molecule has 6 heteroatoms. The van der Waals surface area contributed by atoms with E-state index in [1.54, 1.807) is 0 Å². The lowest BCUT2D eigenvalue weighted by molar-refractivity contribution is -0.116. The van der Waals surface area contributed by atoms with Crippen molar-refractivity contribution in [1.82, 2.24) is 9.36 Å². The summed E-state index contributed by atoms with van der Waals surface area (Å²) >= 11 is 1.25. The van der Waals surface area contributed by atoms with Crippen molar-refractivity contribution in [1.29, 1.82) is 0 Å². The van der Waals surface area contributed by atoms with Crippen LogP contribution in [0.3, 0.4) is 0 Å². The molecule has 1 aromatic rings. The monoisotopic (exact) mass is 200 g/mol. The fourth-order valence-electron chi connectivity index (χ4n) is 0.814. The highest BCUT2D eigenvalue weighted by molar-refractivity contribution is 7.09. The molecule has 0 bridgehead atoms. The second kappa shape index (κ2) is 4.76. The van der Waals surface area contributed by atoms with Gasteiger partial charge in [-0.2, -0.15) is 4.37 Å². The molecule has 3 N–H and O–H groups in total. The molecule has 0 aromatic carbocycles. The van der Waals surface area contributed by atoms with Crippen molar-refractivity contribution < 1.29 is 4.79 Å². The smallest absolute Gasteiger partial charge is 0.236 e. The van der Waals surface area contributed by atoms with E-state index in [-0.39, 0.29) is 6.54 Å². The van der Waals surface area contributed by atoms with Gasteiger partial charge in [0.15, 0.2) is 0 Å². The minimum atomic E-state index is -0.396. The maximum atomic E-state index is 10.4. The SMILES string of the molecule is CCCc1nsc(NCC(N)=O)n1. The Balaban J connectivity index is 2.44. The molecule has 1 rings (SSSR count). The average molecular weight is 200 g/mol. The van der Waals surface area contributed by atoms with Crippen molar-refractivity contribution >= 4 is 22.6 Å². The number of nitrogens with zero attached hydrogens (tertiary/aromatic N) is 2. The molecular formula is C7H12N4OS. The van der Waals surface area contributed by atoms with Crippen LogP contribution in [-0.4, -0.2) is 21.8 Å². The summed E-state index contributed by atoms with van der Waals surface area (Å²) in [6.07, 6.45) is 1.89. The zero-order valence-corrected chi connectivity index (χ0v) is 8.23. The van der Waals surface area contributed by atoms with Gasteiger partial charge < -0.3 is 11.1 Å². The van der Waals surface area contributed by atoms with Crippen LogP contribution in [-0.2, 0) is 11.2 Å². The Hall–Kier alpha value is -1.17. The van der Waals surface area contributed by atoms with Crippen LogP contribution in [0.25, 0.3) is 0 Å². The summed E-state index contributed by atoms with van der Waals surface area (Å²) < 4.78 is 4.10. The molecule has 5 nitrogen and oxygen atoms in total. The highest BCUT2D eigenvalue weighted by atomic mass is 32.1. The molecule has 72 valence electrons. The second-order valence-corrected chi connectivity index (χ2v) is 3.34. The fourth-order valence-corrected chi connectivity index (χ4v) is 1.42. The quantitative estimate of drug-likeness (QED) is 0.720. The maximum absolute atomic E-state index is 10.4. The fraction of sp³-hybridized carbons (Fsp3) is 0.571. The molecule has 13 heavy (non-hydrogen) atoms. The van der Waals surface area contributed by atoms with Crippen LogP contribution >= 0.6 is 11.5 Å². The van der Waals surface area contributed by atoms with Crippen molar-refractivity contribution in [3.8, 4) is 0 Å². The molecule has 0 saturated heterocycles. The van der Waals surface area contributed by atoms with E-state index >= 15 is 0 Å². The van der Waals surface area contributed by atoms with Gasteiger partial charge in [-0.15, -0.1) is 0 Å². The number of carbonyl (C=O) groups excluding carboxylic acids is 1. The largest absolute Gasteiger partial charge is 0.368 e. The van der Waals surface area contributed by atoms with E-state index in [2.05, 4.69) is 21.6 Å². The number of hydrogen-bond donors (Lipinski definition) is 2. The van der Waals surface area contributed by atoms with Crippen LogP contribution < -0.4 is 11.1 Å². The summed E-state index contributed by atoms with van der Waals surface area (Å²) in [7, 11) is 0. The van der Waals surface area contributed by atoms with Crippen molar-refractivity contribution in [3.63, 3.8) is 0 Å². The van der Waals surface area contributed by atoms with Gasteiger partial charge in [-0.1, -0.05) is 6.92 Å². The summed E-state index contributed by atoms with van der Waals surface area (Å²) in [5.74, 6) is 0.423. The number of rotatable bonds is 5. The average Bonchev–Trinajstić information content (AvgIpc) is 2.50. The molecule has 1 heterocycles. The Labute approximate surface area is 80.5 Å². The predicted molar refractivity (Wildman–Crippen MR) is 51.6 cm³/mol. The first-order valence-corrected chi connectivity index (χ1v) is 4.84. The topological polar surface area (TPSA) is 80.9 Å². The zero-order chi connectivity index (χ0) is 9.68. The lowest BCUT2D eigenvalue weighted by Crippen LogP contribution is -2.21. The van der Waals surface area contributed by atoms with Gasteiger partial charge in [-0.3, -0.25) is 4.79 Å². The lowest BCUT2D eigenvalue weighted by Gasteiger charge is -1.95. The highest BCUT2D eigenvalue weighted by Crippen LogP contribution is 2.11. The molecule has 1 amide bonds. The minimum absolute atomic E-state index is 0.112. The van der Waals surface area contributed by atoms with Gasteiger partial charge in [0, 0.05) is 18.0 Å². The van der Waals surface area contributed by atoms with Crippen molar-refractivity contribution in [2.75, 3.05) is 11.9 Å². The first kappa shape index (κ1) is 9.91. The molecule has 0 aliphatic heterocycles. The Morgan fingerprint density at radius 1 is 1.69 bits per heavy atom. The number of nitrogens with two attached hydrogens (primary N) is 1. The van der Waals surface area contributed by atoms with Gasteiger partial charge >= 0.3 is 0 Å². The zero-order valence-electron chi connectivity index (χ0n) is 7.41. The van der Waals surface area contributed by atoms with E-state index in [0.717, 1.165) is 18.7 Å². The third kappa shape index (κ3) is 3.37. The molecule has 0 fully saturated rings. The summed E-state index contributed by atoms with van der Waals surface area (Å²) in [6, 6.07) is 0. The van der Waals surface area contributed by atoms with Crippen LogP contribution in [0.4, 0.5) is 5.13 Å². The number of aromatic nitrogens is 2. The summed E-state index contributed by atoms with van der Waals surface area (Å²) in [5.41, 5.74) is 4.96. The molecule has 0 radical (unpaired) electrons. The van der Waals surface area contributed by atoms with Crippen LogP contribution in [0, 0.1) is 0 Å². The number of primary amides is 1. The van der Waals surface area contributed by atoms with E-state index in [4.69, 9.17) is 5.73 Å². The molecular weight excluding hydrogens is 188 g/mol. The number of hydrogen-bond acceptors (Lipinski definition) is 5. The first-order valence-electron chi connectivity index (χ1n) is 4.07. The van der Waals surface area contributed by atoms with E-state index in [1.165, 1.54) is 11.5 Å². The number of carbonyl (C=O) groups is 1. The third-order valence-electron chi connectivity index (χ3n) is 1.36. The first-order chi connectivity index (χ1) is 6.22. The van der Waals surface area contributed by atoms with E-state index in [0.29, 0.717) is 5.13 Å². The molecule has 0 saturated carbocycles. The Kier molecular flexibility index (Phi) is 3.63. The Morgan fingerprint density at radius 2 is 2.46 bits per heavy atom.